The lowest BCUT2D eigenvalue weighted by atomic mass is 10.2. The van der Waals surface area contributed by atoms with Gasteiger partial charge < -0.3 is 4.74 Å². The highest BCUT2D eigenvalue weighted by molar-refractivity contribution is 5.97. The van der Waals surface area contributed by atoms with Crippen LogP contribution in [0.1, 0.15) is 6.92 Å². The van der Waals surface area contributed by atoms with Gasteiger partial charge in [-0.2, -0.15) is 5.26 Å². The summed E-state index contributed by atoms with van der Waals surface area (Å²) < 4.78 is 18.2. The molecule has 5 heteroatoms. The summed E-state index contributed by atoms with van der Waals surface area (Å²) in [6.07, 6.45) is 1.17. The molecule has 0 radical (unpaired) electrons. The van der Waals surface area contributed by atoms with Crippen molar-refractivity contribution in [2.45, 2.75) is 6.92 Å². The van der Waals surface area contributed by atoms with E-state index in [-0.39, 0.29) is 17.3 Å². The van der Waals surface area contributed by atoms with Crippen molar-refractivity contribution < 1.29 is 13.9 Å². The van der Waals surface area contributed by atoms with Crippen LogP contribution in [0.15, 0.2) is 30.2 Å². The van der Waals surface area contributed by atoms with Gasteiger partial charge in [-0.25, -0.2) is 4.39 Å². The van der Waals surface area contributed by atoms with E-state index in [1.807, 2.05) is 6.07 Å². The first-order valence-electron chi connectivity index (χ1n) is 4.50. The van der Waals surface area contributed by atoms with E-state index in [0.717, 1.165) is 11.0 Å². The van der Waals surface area contributed by atoms with E-state index in [1.165, 1.54) is 25.3 Å². The Morgan fingerprint density at radius 2 is 2.31 bits per heavy atom. The first kappa shape index (κ1) is 10.2. The van der Waals surface area contributed by atoms with E-state index in [2.05, 4.69) is 0 Å². The molecule has 16 heavy (non-hydrogen) atoms. The van der Waals surface area contributed by atoms with Gasteiger partial charge >= 0.3 is 0 Å². The summed E-state index contributed by atoms with van der Waals surface area (Å²) in [5, 5.41) is 8.82. The van der Waals surface area contributed by atoms with Crippen molar-refractivity contribution in [1.29, 1.82) is 5.26 Å². The molecule has 1 aromatic rings. The van der Waals surface area contributed by atoms with Crippen molar-refractivity contribution >= 4 is 11.6 Å². The summed E-state index contributed by atoms with van der Waals surface area (Å²) in [5.74, 6) is -0.522. The van der Waals surface area contributed by atoms with E-state index < -0.39 is 5.82 Å². The van der Waals surface area contributed by atoms with Crippen molar-refractivity contribution in [2.75, 3.05) is 4.90 Å². The van der Waals surface area contributed by atoms with E-state index in [0.29, 0.717) is 5.75 Å². The second-order valence-corrected chi connectivity index (χ2v) is 3.20. The lowest BCUT2D eigenvalue weighted by Crippen LogP contribution is -2.30. The highest BCUT2D eigenvalue weighted by atomic mass is 19.1. The zero-order valence-electron chi connectivity index (χ0n) is 8.40. The molecule has 1 aromatic carbocycles. The molecule has 0 bridgehead atoms. The number of hydrogen-bond donors (Lipinski definition) is 0. The molecule has 2 rings (SSSR count). The molecule has 1 amide bonds. The fourth-order valence-electron chi connectivity index (χ4n) is 1.48. The van der Waals surface area contributed by atoms with Crippen molar-refractivity contribution in [3.8, 4) is 11.8 Å². The molecule has 0 spiro atoms. The van der Waals surface area contributed by atoms with E-state index in [4.69, 9.17) is 10.00 Å². The molecule has 0 unspecified atom stereocenters. The summed E-state index contributed by atoms with van der Waals surface area (Å²) in [6.45, 7) is 1.30. The number of carbonyl (C=O) groups excluding carboxylic acids is 1. The minimum atomic E-state index is -0.493. The number of carbonyl (C=O) groups is 1. The molecule has 1 aliphatic heterocycles. The Kier molecular flexibility index (Phi) is 2.33. The average molecular weight is 218 g/mol. The summed E-state index contributed by atoms with van der Waals surface area (Å²) >= 11 is 0. The van der Waals surface area contributed by atoms with Crippen LogP contribution in [0.2, 0.25) is 0 Å². The second-order valence-electron chi connectivity index (χ2n) is 3.20. The Labute approximate surface area is 91.2 Å². The third kappa shape index (κ3) is 1.50. The predicted octanol–water partition coefficient (Wildman–Crippen LogP) is 1.94. The Morgan fingerprint density at radius 1 is 1.56 bits per heavy atom. The minimum Gasteiger partial charge on any atom is -0.460 e. The molecule has 4 nitrogen and oxygen atoms in total. The molecule has 0 N–H and O–H groups in total. The first-order chi connectivity index (χ1) is 7.63. The van der Waals surface area contributed by atoms with E-state index >= 15 is 0 Å². The number of allylic oxidation sites excluding steroid dienone is 1. The van der Waals surface area contributed by atoms with E-state index in [9.17, 15) is 9.18 Å². The summed E-state index contributed by atoms with van der Waals surface area (Å²) in [5.41, 5.74) is 0.275. The van der Waals surface area contributed by atoms with Crippen molar-refractivity contribution in [3.63, 3.8) is 0 Å². The topological polar surface area (TPSA) is 53.3 Å². The SMILES string of the molecule is CC(=O)N1C(C#N)=COc2ccc(F)cc21. The molecule has 0 aromatic heterocycles. The van der Waals surface area contributed by atoms with Crippen molar-refractivity contribution in [3.05, 3.63) is 36.0 Å². The summed E-state index contributed by atoms with van der Waals surface area (Å²) in [4.78, 5) is 12.5. The van der Waals surface area contributed by atoms with Crippen LogP contribution in [-0.2, 0) is 4.79 Å². The Hall–Kier alpha value is -2.35. The number of fused-ring (bicyclic) bond motifs is 1. The molecule has 0 saturated heterocycles. The molecule has 80 valence electrons. The van der Waals surface area contributed by atoms with Gasteiger partial charge in [0.1, 0.15) is 18.1 Å². The zero-order chi connectivity index (χ0) is 11.7. The monoisotopic (exact) mass is 218 g/mol. The van der Waals surface area contributed by atoms with E-state index in [1.54, 1.807) is 0 Å². The number of rotatable bonds is 0. The third-order valence-corrected chi connectivity index (χ3v) is 2.13. The number of nitriles is 1. The number of amides is 1. The average Bonchev–Trinajstić information content (AvgIpc) is 2.26. The van der Waals surface area contributed by atoms with Crippen LogP contribution in [0.4, 0.5) is 10.1 Å². The lowest BCUT2D eigenvalue weighted by Gasteiger charge is -2.25. The van der Waals surface area contributed by atoms with Gasteiger partial charge in [-0.3, -0.25) is 9.69 Å². The Balaban J connectivity index is 2.59. The molecule has 0 atom stereocenters. The van der Waals surface area contributed by atoms with Crippen molar-refractivity contribution in [1.82, 2.24) is 0 Å². The zero-order valence-corrected chi connectivity index (χ0v) is 8.40. The van der Waals surface area contributed by atoms with Gasteiger partial charge in [0.15, 0.2) is 11.4 Å². The summed E-state index contributed by atoms with van der Waals surface area (Å²) in [6, 6.07) is 5.60. The van der Waals surface area contributed by atoms with Gasteiger partial charge in [0.05, 0.1) is 5.69 Å². The van der Waals surface area contributed by atoms with Gasteiger partial charge in [0, 0.05) is 13.0 Å². The number of benzene rings is 1. The van der Waals surface area contributed by atoms with Crippen LogP contribution < -0.4 is 9.64 Å². The van der Waals surface area contributed by atoms with Gasteiger partial charge in [0.25, 0.3) is 0 Å². The second kappa shape index (κ2) is 3.66. The molecule has 0 aliphatic carbocycles. The van der Waals surface area contributed by atoms with Crippen LogP contribution in [0.3, 0.4) is 0 Å². The maximum atomic E-state index is 13.1. The quantitative estimate of drug-likeness (QED) is 0.668. The third-order valence-electron chi connectivity index (χ3n) is 2.13. The number of anilines is 1. The van der Waals surface area contributed by atoms with Crippen LogP contribution >= 0.6 is 0 Å². The number of hydrogen-bond acceptors (Lipinski definition) is 3. The Morgan fingerprint density at radius 3 is 2.94 bits per heavy atom. The first-order valence-corrected chi connectivity index (χ1v) is 4.50. The highest BCUT2D eigenvalue weighted by Gasteiger charge is 2.25. The maximum absolute atomic E-state index is 13.1. The van der Waals surface area contributed by atoms with Crippen LogP contribution in [0.5, 0.6) is 5.75 Å². The lowest BCUT2D eigenvalue weighted by molar-refractivity contribution is -0.116. The molecule has 0 fully saturated rings. The number of nitrogens with zero attached hydrogens (tertiary/aromatic N) is 2. The Bertz CT molecular complexity index is 531. The number of halogens is 1. The highest BCUT2D eigenvalue weighted by Crippen LogP contribution is 2.35. The largest absolute Gasteiger partial charge is 0.460 e. The van der Waals surface area contributed by atoms with Crippen molar-refractivity contribution in [2.24, 2.45) is 0 Å². The molecule has 1 heterocycles. The smallest absolute Gasteiger partial charge is 0.229 e. The standard InChI is InChI=1S/C11H7FN2O2/c1-7(15)14-9(5-13)6-16-11-3-2-8(12)4-10(11)14/h2-4,6H,1H3. The molecular formula is C11H7FN2O2. The normalized spacial score (nSPS) is 13.3. The van der Waals surface area contributed by atoms with Crippen LogP contribution in [0.25, 0.3) is 0 Å². The number of ether oxygens (including phenoxy) is 1. The van der Waals surface area contributed by atoms with Gasteiger partial charge in [-0.05, 0) is 12.1 Å². The molecule has 0 saturated carbocycles. The van der Waals surface area contributed by atoms with Gasteiger partial charge in [0.2, 0.25) is 5.91 Å². The fraction of sp³-hybridized carbons (Fsp3) is 0.0909. The predicted molar refractivity (Wildman–Crippen MR) is 53.9 cm³/mol. The fourth-order valence-corrected chi connectivity index (χ4v) is 1.48. The summed E-state index contributed by atoms with van der Waals surface area (Å²) in [7, 11) is 0. The van der Waals surface area contributed by atoms with Gasteiger partial charge in [-0.1, -0.05) is 0 Å². The van der Waals surface area contributed by atoms with Gasteiger partial charge in [-0.15, -0.1) is 0 Å². The maximum Gasteiger partial charge on any atom is 0.229 e. The molecular weight excluding hydrogens is 211 g/mol. The van der Waals surface area contributed by atoms with Crippen LogP contribution in [-0.4, -0.2) is 5.91 Å². The van der Waals surface area contributed by atoms with Crippen LogP contribution in [0, 0.1) is 17.1 Å². The minimum absolute atomic E-state index is 0.0330. The molecule has 1 aliphatic rings.